The first kappa shape index (κ1) is 17.2. The zero-order valence-electron chi connectivity index (χ0n) is 12.3. The lowest BCUT2D eigenvalue weighted by molar-refractivity contribution is -0.150. The molecule has 0 fully saturated rings. The van der Waals surface area contributed by atoms with Crippen molar-refractivity contribution < 1.29 is 19.1 Å². The number of anilines is 1. The average Bonchev–Trinajstić information content (AvgIpc) is 2.32. The molecule has 5 nitrogen and oxygen atoms in total. The van der Waals surface area contributed by atoms with E-state index in [1.165, 1.54) is 26.0 Å². The van der Waals surface area contributed by atoms with Crippen molar-refractivity contribution in [3.63, 3.8) is 0 Å². The van der Waals surface area contributed by atoms with E-state index in [1.807, 2.05) is 0 Å². The van der Waals surface area contributed by atoms with Crippen LogP contribution in [0.2, 0.25) is 5.02 Å². The Morgan fingerprint density at radius 1 is 1.24 bits per heavy atom. The number of nitrogens with one attached hydrogen (secondary N) is 2. The molecule has 0 saturated carbocycles. The SMILES string of the molecule is CC(C)(NC(=O)Nc1cc(Cl)ccc1F)C(C)(C)C(=O)O. The van der Waals surface area contributed by atoms with Crippen molar-refractivity contribution in [2.45, 2.75) is 33.2 Å². The topological polar surface area (TPSA) is 78.4 Å². The number of urea groups is 1. The van der Waals surface area contributed by atoms with Gasteiger partial charge >= 0.3 is 12.0 Å². The van der Waals surface area contributed by atoms with Gasteiger partial charge in [-0.3, -0.25) is 4.79 Å². The van der Waals surface area contributed by atoms with E-state index >= 15 is 0 Å². The molecule has 116 valence electrons. The fourth-order valence-corrected chi connectivity index (χ4v) is 1.63. The van der Waals surface area contributed by atoms with Gasteiger partial charge in [0.15, 0.2) is 0 Å². The molecule has 0 aliphatic carbocycles. The minimum Gasteiger partial charge on any atom is -0.481 e. The van der Waals surface area contributed by atoms with Crippen molar-refractivity contribution in [1.82, 2.24) is 5.32 Å². The standard InChI is InChI=1S/C14H18ClFN2O3/c1-13(2,11(19)20)14(3,4)18-12(21)17-10-7-8(15)5-6-9(10)16/h5-7H,1-4H3,(H,19,20)(H2,17,18,21). The van der Waals surface area contributed by atoms with Crippen LogP contribution < -0.4 is 10.6 Å². The monoisotopic (exact) mass is 316 g/mol. The highest BCUT2D eigenvalue weighted by Crippen LogP contribution is 2.31. The molecule has 0 radical (unpaired) electrons. The van der Waals surface area contributed by atoms with E-state index in [1.54, 1.807) is 13.8 Å². The van der Waals surface area contributed by atoms with Crippen LogP contribution in [0.15, 0.2) is 18.2 Å². The Balaban J connectivity index is 2.87. The maximum Gasteiger partial charge on any atom is 0.319 e. The van der Waals surface area contributed by atoms with E-state index in [0.717, 1.165) is 6.07 Å². The van der Waals surface area contributed by atoms with E-state index in [0.29, 0.717) is 0 Å². The summed E-state index contributed by atoms with van der Waals surface area (Å²) < 4.78 is 13.5. The Bertz CT molecular complexity index is 573. The molecule has 0 spiro atoms. The second-order valence-electron chi connectivity index (χ2n) is 5.76. The van der Waals surface area contributed by atoms with E-state index in [9.17, 15) is 19.1 Å². The summed E-state index contributed by atoms with van der Waals surface area (Å²) in [7, 11) is 0. The van der Waals surface area contributed by atoms with E-state index < -0.39 is 28.8 Å². The molecule has 0 aromatic heterocycles. The van der Waals surface area contributed by atoms with Gasteiger partial charge in [0, 0.05) is 5.02 Å². The summed E-state index contributed by atoms with van der Waals surface area (Å²) in [5.41, 5.74) is -2.35. The Kier molecular flexibility index (Phi) is 4.83. The first-order valence-corrected chi connectivity index (χ1v) is 6.63. The molecule has 7 heteroatoms. The highest BCUT2D eigenvalue weighted by molar-refractivity contribution is 6.30. The summed E-state index contributed by atoms with van der Waals surface area (Å²) in [6.45, 7) is 6.15. The van der Waals surface area contributed by atoms with Gasteiger partial charge in [0.1, 0.15) is 5.82 Å². The Morgan fingerprint density at radius 3 is 2.33 bits per heavy atom. The molecule has 0 aliphatic heterocycles. The van der Waals surface area contributed by atoms with E-state index in [2.05, 4.69) is 10.6 Å². The largest absolute Gasteiger partial charge is 0.481 e. The van der Waals surface area contributed by atoms with E-state index in [-0.39, 0.29) is 10.7 Å². The summed E-state index contributed by atoms with van der Waals surface area (Å²) in [6, 6.07) is 3.04. The maximum atomic E-state index is 13.5. The van der Waals surface area contributed by atoms with Gasteiger partial charge in [0.25, 0.3) is 0 Å². The van der Waals surface area contributed by atoms with Crippen molar-refractivity contribution in [1.29, 1.82) is 0 Å². The average molecular weight is 317 g/mol. The lowest BCUT2D eigenvalue weighted by Gasteiger charge is -2.38. The fourth-order valence-electron chi connectivity index (χ4n) is 1.45. The predicted molar refractivity (Wildman–Crippen MR) is 79.1 cm³/mol. The molecule has 0 atom stereocenters. The number of rotatable bonds is 4. The van der Waals surface area contributed by atoms with Crippen molar-refractivity contribution in [3.8, 4) is 0 Å². The van der Waals surface area contributed by atoms with Gasteiger partial charge in [0.2, 0.25) is 0 Å². The van der Waals surface area contributed by atoms with Crippen molar-refractivity contribution in [2.24, 2.45) is 5.41 Å². The summed E-state index contributed by atoms with van der Waals surface area (Å²) in [5.74, 6) is -1.69. The minimum atomic E-state index is -1.21. The maximum absolute atomic E-state index is 13.5. The van der Waals surface area contributed by atoms with Gasteiger partial charge in [-0.15, -0.1) is 0 Å². The van der Waals surface area contributed by atoms with Crippen LogP contribution in [0.3, 0.4) is 0 Å². The summed E-state index contributed by atoms with van der Waals surface area (Å²) in [4.78, 5) is 23.2. The highest BCUT2D eigenvalue weighted by Gasteiger charge is 2.44. The zero-order valence-corrected chi connectivity index (χ0v) is 13.0. The summed E-state index contributed by atoms with van der Waals surface area (Å²) in [5, 5.41) is 14.3. The number of hydrogen-bond donors (Lipinski definition) is 3. The molecule has 1 aromatic carbocycles. The molecule has 0 bridgehead atoms. The van der Waals surface area contributed by atoms with Crippen LogP contribution in [0, 0.1) is 11.2 Å². The van der Waals surface area contributed by atoms with Crippen molar-refractivity contribution in [3.05, 3.63) is 29.0 Å². The molecule has 2 amide bonds. The molecule has 1 rings (SSSR count). The number of amides is 2. The number of hydrogen-bond acceptors (Lipinski definition) is 2. The first-order chi connectivity index (χ1) is 9.47. The molecule has 1 aromatic rings. The van der Waals surface area contributed by atoms with Crippen LogP contribution >= 0.6 is 11.6 Å². The number of carbonyl (C=O) groups excluding carboxylic acids is 1. The van der Waals surface area contributed by atoms with Crippen LogP contribution in [0.5, 0.6) is 0 Å². The number of carboxylic acid groups (broad SMARTS) is 1. The minimum absolute atomic E-state index is 0.0797. The second kappa shape index (κ2) is 5.89. The van der Waals surface area contributed by atoms with Gasteiger partial charge in [0.05, 0.1) is 16.6 Å². The quantitative estimate of drug-likeness (QED) is 0.795. The van der Waals surface area contributed by atoms with Crippen molar-refractivity contribution >= 4 is 29.3 Å². The molecule has 0 heterocycles. The van der Waals surface area contributed by atoms with Crippen LogP contribution in [-0.2, 0) is 4.79 Å². The van der Waals surface area contributed by atoms with Gasteiger partial charge in [-0.25, -0.2) is 9.18 Å². The predicted octanol–water partition coefficient (Wildman–Crippen LogP) is 3.49. The number of benzene rings is 1. The van der Waals surface area contributed by atoms with Gasteiger partial charge < -0.3 is 15.7 Å². The van der Waals surface area contributed by atoms with Crippen LogP contribution in [0.4, 0.5) is 14.9 Å². The number of carboxylic acids is 1. The van der Waals surface area contributed by atoms with Crippen LogP contribution in [0.1, 0.15) is 27.7 Å². The highest BCUT2D eigenvalue weighted by atomic mass is 35.5. The van der Waals surface area contributed by atoms with Crippen LogP contribution in [-0.4, -0.2) is 22.6 Å². The Hall–Kier alpha value is -1.82. The lowest BCUT2D eigenvalue weighted by Crippen LogP contribution is -2.57. The molecule has 21 heavy (non-hydrogen) atoms. The van der Waals surface area contributed by atoms with Crippen molar-refractivity contribution in [2.75, 3.05) is 5.32 Å². The summed E-state index contributed by atoms with van der Waals surface area (Å²) >= 11 is 5.73. The van der Waals surface area contributed by atoms with Crippen LogP contribution in [0.25, 0.3) is 0 Å². The zero-order chi connectivity index (χ0) is 16.4. The first-order valence-electron chi connectivity index (χ1n) is 6.25. The number of halogens is 2. The van der Waals surface area contributed by atoms with Gasteiger partial charge in [-0.1, -0.05) is 11.6 Å². The molecule has 0 saturated heterocycles. The Labute approximate surface area is 127 Å². The van der Waals surface area contributed by atoms with Gasteiger partial charge in [-0.2, -0.15) is 0 Å². The molecule has 0 unspecified atom stereocenters. The smallest absolute Gasteiger partial charge is 0.319 e. The molecular weight excluding hydrogens is 299 g/mol. The third kappa shape index (κ3) is 3.85. The lowest BCUT2D eigenvalue weighted by atomic mass is 9.74. The third-order valence-corrected chi connectivity index (χ3v) is 3.93. The molecule has 0 aliphatic rings. The fraction of sp³-hybridized carbons (Fsp3) is 0.429. The number of carbonyl (C=O) groups is 2. The third-order valence-electron chi connectivity index (χ3n) is 3.70. The summed E-state index contributed by atoms with van der Waals surface area (Å²) in [6.07, 6.45) is 0. The van der Waals surface area contributed by atoms with Gasteiger partial charge in [-0.05, 0) is 45.9 Å². The number of aliphatic carboxylic acids is 1. The molecule has 3 N–H and O–H groups in total. The second-order valence-corrected chi connectivity index (χ2v) is 6.19. The Morgan fingerprint density at radius 2 is 1.81 bits per heavy atom. The molecular formula is C14H18ClFN2O3. The normalized spacial score (nSPS) is 11.9. The van der Waals surface area contributed by atoms with E-state index in [4.69, 9.17) is 11.6 Å².